The molecule has 0 bridgehead atoms. The van der Waals surface area contributed by atoms with Crippen LogP contribution in [0.3, 0.4) is 0 Å². The molecule has 2 amide bonds. The minimum Gasteiger partial charge on any atom is -0.372 e. The van der Waals surface area contributed by atoms with Gasteiger partial charge in [-0.1, -0.05) is 0 Å². The molecule has 1 atom stereocenters. The van der Waals surface area contributed by atoms with E-state index in [4.69, 9.17) is 4.74 Å². The molecule has 126 valence electrons. The normalized spacial score (nSPS) is 21.8. The van der Waals surface area contributed by atoms with Crippen LogP contribution in [0.2, 0.25) is 0 Å². The molecule has 1 N–H and O–H groups in total. The summed E-state index contributed by atoms with van der Waals surface area (Å²) >= 11 is 0. The van der Waals surface area contributed by atoms with Crippen molar-refractivity contribution in [1.29, 1.82) is 0 Å². The van der Waals surface area contributed by atoms with Crippen molar-refractivity contribution >= 4 is 17.6 Å². The summed E-state index contributed by atoms with van der Waals surface area (Å²) in [5, 5.41) is 6.99. The second-order valence-electron chi connectivity index (χ2n) is 7.03. The van der Waals surface area contributed by atoms with Crippen LogP contribution in [0.1, 0.15) is 39.7 Å². The van der Waals surface area contributed by atoms with Gasteiger partial charge < -0.3 is 15.0 Å². The molecular formula is C16H24N4O3. The number of amides is 2. The van der Waals surface area contributed by atoms with Gasteiger partial charge in [-0.15, -0.1) is 0 Å². The minimum absolute atomic E-state index is 0.234. The number of hydrogen-bond donors (Lipinski definition) is 1. The zero-order chi connectivity index (χ0) is 16.6. The molecule has 7 nitrogen and oxygen atoms in total. The topological polar surface area (TPSA) is 76.5 Å². The van der Waals surface area contributed by atoms with E-state index in [9.17, 15) is 9.59 Å². The van der Waals surface area contributed by atoms with E-state index in [0.717, 1.165) is 0 Å². The number of carbonyl (C=O) groups excluding carboxylic acids is 2. The van der Waals surface area contributed by atoms with Crippen molar-refractivity contribution in [3.05, 3.63) is 12.3 Å². The number of hydrogen-bond acceptors (Lipinski definition) is 4. The van der Waals surface area contributed by atoms with E-state index in [-0.39, 0.29) is 6.04 Å². The van der Waals surface area contributed by atoms with E-state index >= 15 is 0 Å². The van der Waals surface area contributed by atoms with E-state index in [1.165, 1.54) is 12.8 Å². The third-order valence-corrected chi connectivity index (χ3v) is 4.51. The molecule has 0 unspecified atom stereocenters. The third kappa shape index (κ3) is 3.55. The Balaban J connectivity index is 1.65. The van der Waals surface area contributed by atoms with E-state index in [0.29, 0.717) is 31.4 Å². The molecule has 1 saturated carbocycles. The van der Waals surface area contributed by atoms with Crippen molar-refractivity contribution in [1.82, 2.24) is 14.7 Å². The van der Waals surface area contributed by atoms with Crippen LogP contribution in [0.25, 0.3) is 0 Å². The average Bonchev–Trinajstić information content (AvgIpc) is 3.25. The summed E-state index contributed by atoms with van der Waals surface area (Å²) in [7, 11) is 0. The van der Waals surface area contributed by atoms with E-state index in [1.54, 1.807) is 21.8 Å². The average molecular weight is 320 g/mol. The van der Waals surface area contributed by atoms with Crippen LogP contribution in [0.15, 0.2) is 12.3 Å². The Morgan fingerprint density at radius 2 is 2.17 bits per heavy atom. The molecule has 7 heteroatoms. The lowest BCUT2D eigenvalue weighted by atomic mass is 10.1. The molecule has 1 aliphatic carbocycles. The Morgan fingerprint density at radius 3 is 2.83 bits per heavy atom. The second-order valence-corrected chi connectivity index (χ2v) is 7.03. The Kier molecular flexibility index (Phi) is 4.14. The van der Waals surface area contributed by atoms with Gasteiger partial charge in [0.25, 0.3) is 0 Å². The van der Waals surface area contributed by atoms with Gasteiger partial charge in [0.05, 0.1) is 24.4 Å². The number of ether oxygens (including phenoxy) is 1. The SMILES string of the molecule is C[C@H](C1CC1)n1nccc1NC(=O)C(=O)N1CCOC(C)(C)C1. The zero-order valence-corrected chi connectivity index (χ0v) is 13.9. The zero-order valence-electron chi connectivity index (χ0n) is 13.9. The van der Waals surface area contributed by atoms with Gasteiger partial charge in [-0.2, -0.15) is 5.10 Å². The molecule has 0 radical (unpaired) electrons. The maximum atomic E-state index is 12.4. The molecule has 0 spiro atoms. The quantitative estimate of drug-likeness (QED) is 0.855. The molecule has 2 heterocycles. The van der Waals surface area contributed by atoms with Crippen molar-refractivity contribution in [2.24, 2.45) is 5.92 Å². The first-order valence-electron chi connectivity index (χ1n) is 8.15. The predicted molar refractivity (Wildman–Crippen MR) is 84.9 cm³/mol. The van der Waals surface area contributed by atoms with Crippen molar-refractivity contribution in [2.45, 2.75) is 45.3 Å². The van der Waals surface area contributed by atoms with Crippen molar-refractivity contribution < 1.29 is 14.3 Å². The van der Waals surface area contributed by atoms with Crippen LogP contribution in [0.4, 0.5) is 5.82 Å². The predicted octanol–water partition coefficient (Wildman–Crippen LogP) is 1.43. The number of anilines is 1. The fourth-order valence-electron chi connectivity index (χ4n) is 3.02. The highest BCUT2D eigenvalue weighted by Crippen LogP contribution is 2.40. The lowest BCUT2D eigenvalue weighted by Gasteiger charge is -2.37. The Hall–Kier alpha value is -1.89. The summed E-state index contributed by atoms with van der Waals surface area (Å²) < 4.78 is 7.37. The van der Waals surface area contributed by atoms with Gasteiger partial charge in [-0.3, -0.25) is 9.59 Å². The molecule has 1 aromatic heterocycles. The Labute approximate surface area is 136 Å². The second kappa shape index (κ2) is 5.96. The molecule has 2 fully saturated rings. The highest BCUT2D eigenvalue weighted by atomic mass is 16.5. The largest absolute Gasteiger partial charge is 0.372 e. The lowest BCUT2D eigenvalue weighted by Crippen LogP contribution is -2.53. The number of carbonyl (C=O) groups is 2. The summed E-state index contributed by atoms with van der Waals surface area (Å²) in [6, 6.07) is 1.96. The van der Waals surface area contributed by atoms with Gasteiger partial charge >= 0.3 is 11.8 Å². The van der Waals surface area contributed by atoms with Crippen LogP contribution < -0.4 is 5.32 Å². The fraction of sp³-hybridized carbons (Fsp3) is 0.688. The first-order chi connectivity index (χ1) is 10.9. The maximum absolute atomic E-state index is 12.4. The molecule has 3 rings (SSSR count). The van der Waals surface area contributed by atoms with Gasteiger partial charge in [0.1, 0.15) is 5.82 Å². The highest BCUT2D eigenvalue weighted by molar-refractivity contribution is 6.39. The Bertz CT molecular complexity index is 606. The van der Waals surface area contributed by atoms with Gasteiger partial charge in [-0.05, 0) is 39.5 Å². The molecular weight excluding hydrogens is 296 g/mol. The van der Waals surface area contributed by atoms with E-state index in [1.807, 2.05) is 13.8 Å². The number of morpholine rings is 1. The van der Waals surface area contributed by atoms with Gasteiger partial charge in [0.15, 0.2) is 0 Å². The molecule has 1 aliphatic heterocycles. The Morgan fingerprint density at radius 1 is 1.43 bits per heavy atom. The molecule has 1 aromatic rings. The molecule has 0 aromatic carbocycles. The molecule has 23 heavy (non-hydrogen) atoms. The van der Waals surface area contributed by atoms with Crippen molar-refractivity contribution in [2.75, 3.05) is 25.0 Å². The van der Waals surface area contributed by atoms with Crippen LogP contribution in [0, 0.1) is 5.92 Å². The summed E-state index contributed by atoms with van der Waals surface area (Å²) in [4.78, 5) is 26.2. The summed E-state index contributed by atoms with van der Waals surface area (Å²) in [5.41, 5.74) is -0.420. The summed E-state index contributed by atoms with van der Waals surface area (Å²) in [6.45, 7) is 7.22. The highest BCUT2D eigenvalue weighted by Gasteiger charge is 2.34. The number of rotatable bonds is 3. The lowest BCUT2D eigenvalue weighted by molar-refractivity contribution is -0.153. The van der Waals surface area contributed by atoms with Crippen LogP contribution in [-0.4, -0.2) is 51.8 Å². The number of nitrogens with one attached hydrogen (secondary N) is 1. The summed E-state index contributed by atoms with van der Waals surface area (Å²) in [6.07, 6.45) is 4.03. The van der Waals surface area contributed by atoms with E-state index < -0.39 is 17.4 Å². The number of nitrogens with zero attached hydrogens (tertiary/aromatic N) is 3. The van der Waals surface area contributed by atoms with Gasteiger partial charge in [0.2, 0.25) is 0 Å². The van der Waals surface area contributed by atoms with E-state index in [2.05, 4.69) is 17.3 Å². The minimum atomic E-state index is -0.618. The van der Waals surface area contributed by atoms with Crippen LogP contribution in [0.5, 0.6) is 0 Å². The maximum Gasteiger partial charge on any atom is 0.315 e. The first-order valence-corrected chi connectivity index (χ1v) is 8.15. The van der Waals surface area contributed by atoms with Crippen LogP contribution >= 0.6 is 0 Å². The molecule has 1 saturated heterocycles. The standard InChI is InChI=1S/C16H24N4O3/c1-11(12-4-5-12)20-13(6-7-17-20)18-14(21)15(22)19-8-9-23-16(2,3)10-19/h6-7,11-12H,4-5,8-10H2,1-3H3,(H,18,21)/t11-/m1/s1. The molecule has 2 aliphatic rings. The monoisotopic (exact) mass is 320 g/mol. The smallest absolute Gasteiger partial charge is 0.315 e. The fourth-order valence-corrected chi connectivity index (χ4v) is 3.02. The van der Waals surface area contributed by atoms with Gasteiger partial charge in [0, 0.05) is 19.2 Å². The summed E-state index contributed by atoms with van der Waals surface area (Å²) in [5.74, 6) is 0.0530. The van der Waals surface area contributed by atoms with Crippen LogP contribution in [-0.2, 0) is 14.3 Å². The number of aromatic nitrogens is 2. The van der Waals surface area contributed by atoms with Crippen molar-refractivity contribution in [3.8, 4) is 0 Å². The van der Waals surface area contributed by atoms with Crippen molar-refractivity contribution in [3.63, 3.8) is 0 Å². The van der Waals surface area contributed by atoms with Gasteiger partial charge in [-0.25, -0.2) is 4.68 Å². The first kappa shape index (κ1) is 16.0. The third-order valence-electron chi connectivity index (χ3n) is 4.51.